The Kier molecular flexibility index (Phi) is 3.87. The van der Waals surface area contributed by atoms with Gasteiger partial charge in [-0.2, -0.15) is 0 Å². The van der Waals surface area contributed by atoms with Crippen molar-refractivity contribution in [1.29, 1.82) is 0 Å². The van der Waals surface area contributed by atoms with Gasteiger partial charge in [-0.3, -0.25) is 10.1 Å². The van der Waals surface area contributed by atoms with E-state index in [-0.39, 0.29) is 0 Å². The maximum absolute atomic E-state index is 10.0. The fourth-order valence-electron chi connectivity index (χ4n) is 0.977. The van der Waals surface area contributed by atoms with E-state index >= 15 is 0 Å². The SMILES string of the molecule is Cc1cc(I)ccc1N/C=C/[N+](=O)[O-]. The Morgan fingerprint density at radius 2 is 2.29 bits per heavy atom. The van der Waals surface area contributed by atoms with E-state index in [1.165, 1.54) is 6.20 Å². The van der Waals surface area contributed by atoms with Crippen molar-refractivity contribution in [3.05, 3.63) is 49.8 Å². The molecule has 0 amide bonds. The summed E-state index contributed by atoms with van der Waals surface area (Å²) in [7, 11) is 0. The van der Waals surface area contributed by atoms with E-state index in [4.69, 9.17) is 0 Å². The quantitative estimate of drug-likeness (QED) is 0.531. The summed E-state index contributed by atoms with van der Waals surface area (Å²) in [6.45, 7) is 1.95. The lowest BCUT2D eigenvalue weighted by molar-refractivity contribution is -0.402. The minimum atomic E-state index is -0.505. The first-order chi connectivity index (χ1) is 6.59. The second kappa shape index (κ2) is 4.94. The lowest BCUT2D eigenvalue weighted by Crippen LogP contribution is -1.93. The predicted molar refractivity (Wildman–Crippen MR) is 63.7 cm³/mol. The normalized spacial score (nSPS) is 10.4. The maximum Gasteiger partial charge on any atom is 0.250 e. The number of benzene rings is 1. The number of nitro groups is 1. The molecule has 0 spiro atoms. The molecule has 0 saturated heterocycles. The zero-order valence-corrected chi connectivity index (χ0v) is 9.69. The van der Waals surface area contributed by atoms with Crippen molar-refractivity contribution < 1.29 is 4.92 Å². The number of aryl methyl sites for hydroxylation is 1. The summed E-state index contributed by atoms with van der Waals surface area (Å²) in [5.41, 5.74) is 1.94. The van der Waals surface area contributed by atoms with E-state index in [9.17, 15) is 10.1 Å². The molecule has 0 saturated carbocycles. The highest BCUT2D eigenvalue weighted by atomic mass is 127. The van der Waals surface area contributed by atoms with Gasteiger partial charge in [0.15, 0.2) is 0 Å². The van der Waals surface area contributed by atoms with E-state index in [0.29, 0.717) is 0 Å². The van der Waals surface area contributed by atoms with E-state index < -0.39 is 4.92 Å². The smallest absolute Gasteiger partial charge is 0.250 e. The van der Waals surface area contributed by atoms with Crippen LogP contribution in [0.15, 0.2) is 30.6 Å². The molecular weight excluding hydrogens is 295 g/mol. The van der Waals surface area contributed by atoms with Crippen LogP contribution < -0.4 is 5.32 Å². The Morgan fingerprint density at radius 3 is 2.86 bits per heavy atom. The van der Waals surface area contributed by atoms with Gasteiger partial charge in [0.1, 0.15) is 0 Å². The van der Waals surface area contributed by atoms with Gasteiger partial charge in [0.25, 0.3) is 0 Å². The molecule has 1 rings (SSSR count). The third-order valence-electron chi connectivity index (χ3n) is 1.62. The number of rotatable bonds is 3. The first-order valence-electron chi connectivity index (χ1n) is 3.92. The van der Waals surface area contributed by atoms with Gasteiger partial charge >= 0.3 is 0 Å². The van der Waals surface area contributed by atoms with Crippen molar-refractivity contribution in [2.75, 3.05) is 5.32 Å². The highest BCUT2D eigenvalue weighted by Crippen LogP contribution is 2.17. The first kappa shape index (κ1) is 11.0. The Balaban J connectivity index is 2.73. The number of hydrogen-bond acceptors (Lipinski definition) is 3. The number of halogens is 1. The molecule has 0 bridgehead atoms. The average molecular weight is 304 g/mol. The molecular formula is C9H9IN2O2. The summed E-state index contributed by atoms with van der Waals surface area (Å²) in [6, 6.07) is 5.83. The zero-order valence-electron chi connectivity index (χ0n) is 7.53. The minimum Gasteiger partial charge on any atom is -0.356 e. The lowest BCUT2D eigenvalue weighted by atomic mass is 10.2. The topological polar surface area (TPSA) is 55.2 Å². The molecule has 4 nitrogen and oxygen atoms in total. The fraction of sp³-hybridized carbons (Fsp3) is 0.111. The van der Waals surface area contributed by atoms with E-state index in [2.05, 4.69) is 27.9 Å². The molecule has 0 aliphatic carbocycles. The summed E-state index contributed by atoms with van der Waals surface area (Å²) in [5, 5.41) is 12.9. The molecule has 0 atom stereocenters. The Bertz CT molecular complexity index is 377. The van der Waals surface area contributed by atoms with Crippen LogP contribution in [0.2, 0.25) is 0 Å². The van der Waals surface area contributed by atoms with Crippen molar-refractivity contribution in [3.8, 4) is 0 Å². The molecule has 1 aromatic carbocycles. The van der Waals surface area contributed by atoms with Gasteiger partial charge in [-0.1, -0.05) is 0 Å². The average Bonchev–Trinajstić information content (AvgIpc) is 2.08. The molecule has 1 aromatic rings. The molecule has 1 N–H and O–H groups in total. The van der Waals surface area contributed by atoms with Gasteiger partial charge < -0.3 is 5.32 Å². The monoisotopic (exact) mass is 304 g/mol. The largest absolute Gasteiger partial charge is 0.356 e. The lowest BCUT2D eigenvalue weighted by Gasteiger charge is -2.04. The molecule has 5 heteroatoms. The van der Waals surface area contributed by atoms with Gasteiger partial charge in [0, 0.05) is 9.26 Å². The second-order valence-corrected chi connectivity index (χ2v) is 3.95. The molecule has 0 fully saturated rings. The molecule has 0 aliphatic heterocycles. The van der Waals surface area contributed by atoms with Crippen LogP contribution in [-0.2, 0) is 0 Å². The third-order valence-corrected chi connectivity index (χ3v) is 2.29. The minimum absolute atomic E-state index is 0.505. The molecule has 0 aromatic heterocycles. The maximum atomic E-state index is 10.0. The summed E-state index contributed by atoms with van der Waals surface area (Å²) >= 11 is 2.22. The van der Waals surface area contributed by atoms with Crippen LogP contribution in [0, 0.1) is 20.6 Å². The predicted octanol–water partition coefficient (Wildman–Crippen LogP) is 2.76. The highest BCUT2D eigenvalue weighted by Gasteiger charge is 1.96. The summed E-state index contributed by atoms with van der Waals surface area (Å²) in [5.74, 6) is 0. The Morgan fingerprint density at radius 1 is 1.57 bits per heavy atom. The Labute approximate surface area is 95.3 Å². The van der Waals surface area contributed by atoms with E-state index in [1.807, 2.05) is 25.1 Å². The van der Waals surface area contributed by atoms with E-state index in [0.717, 1.165) is 21.0 Å². The molecule has 74 valence electrons. The van der Waals surface area contributed by atoms with Crippen molar-refractivity contribution in [1.82, 2.24) is 0 Å². The first-order valence-corrected chi connectivity index (χ1v) is 5.00. The molecule has 0 radical (unpaired) electrons. The number of nitrogens with zero attached hydrogens (tertiary/aromatic N) is 1. The van der Waals surface area contributed by atoms with Crippen LogP contribution in [0.5, 0.6) is 0 Å². The van der Waals surface area contributed by atoms with Crippen molar-refractivity contribution in [2.24, 2.45) is 0 Å². The van der Waals surface area contributed by atoms with Crippen LogP contribution >= 0.6 is 22.6 Å². The molecule has 0 unspecified atom stereocenters. The summed E-state index contributed by atoms with van der Waals surface area (Å²) in [4.78, 5) is 9.50. The summed E-state index contributed by atoms with van der Waals surface area (Å²) < 4.78 is 1.14. The van der Waals surface area contributed by atoms with Crippen molar-refractivity contribution in [3.63, 3.8) is 0 Å². The van der Waals surface area contributed by atoms with Crippen LogP contribution in [0.3, 0.4) is 0 Å². The standard InChI is InChI=1S/C9H9IN2O2/c1-7-6-8(10)2-3-9(7)11-4-5-12(13)14/h2-6,11H,1H3/b5-4+. The highest BCUT2D eigenvalue weighted by molar-refractivity contribution is 14.1. The number of nitrogens with one attached hydrogen (secondary N) is 1. The van der Waals surface area contributed by atoms with Gasteiger partial charge in [-0.25, -0.2) is 0 Å². The van der Waals surface area contributed by atoms with Crippen LogP contribution in [0.1, 0.15) is 5.56 Å². The van der Waals surface area contributed by atoms with Gasteiger partial charge in [0.2, 0.25) is 6.20 Å². The third kappa shape index (κ3) is 3.33. The molecule has 0 heterocycles. The van der Waals surface area contributed by atoms with Crippen molar-refractivity contribution >= 4 is 28.3 Å². The second-order valence-electron chi connectivity index (χ2n) is 2.70. The molecule has 14 heavy (non-hydrogen) atoms. The fourth-order valence-corrected chi connectivity index (χ4v) is 1.62. The van der Waals surface area contributed by atoms with Crippen LogP contribution in [-0.4, -0.2) is 4.92 Å². The number of hydrogen-bond donors (Lipinski definition) is 1. The van der Waals surface area contributed by atoms with Crippen LogP contribution in [0.25, 0.3) is 0 Å². The van der Waals surface area contributed by atoms with Crippen molar-refractivity contribution in [2.45, 2.75) is 6.92 Å². The van der Waals surface area contributed by atoms with Gasteiger partial charge in [0.05, 0.1) is 11.1 Å². The summed E-state index contributed by atoms with van der Waals surface area (Å²) in [6.07, 6.45) is 2.19. The van der Waals surface area contributed by atoms with Crippen LogP contribution in [0.4, 0.5) is 5.69 Å². The molecule has 0 aliphatic rings. The zero-order chi connectivity index (χ0) is 10.6. The van der Waals surface area contributed by atoms with E-state index in [1.54, 1.807) is 0 Å². The van der Waals surface area contributed by atoms with Gasteiger partial charge in [-0.05, 0) is 53.3 Å². The Hall–Kier alpha value is -1.11. The van der Waals surface area contributed by atoms with Gasteiger partial charge in [-0.15, -0.1) is 0 Å². The number of anilines is 1.